The van der Waals surface area contributed by atoms with E-state index in [9.17, 15) is 0 Å². The van der Waals surface area contributed by atoms with Crippen molar-refractivity contribution in [3.63, 3.8) is 0 Å². The number of hydrogen-bond donors (Lipinski definition) is 1. The second-order valence-corrected chi connectivity index (χ2v) is 5.43. The van der Waals surface area contributed by atoms with E-state index in [1.54, 1.807) is 0 Å². The minimum absolute atomic E-state index is 0.704. The van der Waals surface area contributed by atoms with Crippen LogP contribution < -0.4 is 5.32 Å². The van der Waals surface area contributed by atoms with Crippen LogP contribution in [0.4, 0.5) is 0 Å². The maximum atomic E-state index is 5.16. The van der Waals surface area contributed by atoms with Crippen molar-refractivity contribution in [2.45, 2.75) is 43.1 Å². The highest BCUT2D eigenvalue weighted by molar-refractivity contribution is 8.00. The van der Waals surface area contributed by atoms with Gasteiger partial charge in [0, 0.05) is 17.0 Å². The molecule has 1 atom stereocenters. The van der Waals surface area contributed by atoms with Crippen molar-refractivity contribution < 1.29 is 0 Å². The van der Waals surface area contributed by atoms with Crippen LogP contribution in [0, 0.1) is 12.3 Å². The summed E-state index contributed by atoms with van der Waals surface area (Å²) >= 11 is 2.13. The highest BCUT2D eigenvalue weighted by atomic mass is 32.2. The Bertz CT molecular complexity index is 167. The van der Waals surface area contributed by atoms with Gasteiger partial charge in [0.2, 0.25) is 0 Å². The zero-order chi connectivity index (χ0) is 9.52. The summed E-state index contributed by atoms with van der Waals surface area (Å²) in [5.41, 5.74) is 0. The SMILES string of the molecule is C#CCNCC(C)SC1CCCC1. The lowest BCUT2D eigenvalue weighted by Crippen LogP contribution is -2.24. The maximum absolute atomic E-state index is 5.16. The Morgan fingerprint density at radius 1 is 1.54 bits per heavy atom. The van der Waals surface area contributed by atoms with E-state index < -0.39 is 0 Å². The average molecular weight is 197 g/mol. The fourth-order valence-electron chi connectivity index (χ4n) is 1.75. The van der Waals surface area contributed by atoms with E-state index in [-0.39, 0.29) is 0 Å². The minimum atomic E-state index is 0.704. The Morgan fingerprint density at radius 3 is 2.85 bits per heavy atom. The van der Waals surface area contributed by atoms with Crippen LogP contribution in [0.1, 0.15) is 32.6 Å². The molecule has 0 aliphatic heterocycles. The first kappa shape index (κ1) is 10.9. The van der Waals surface area contributed by atoms with Crippen LogP contribution in [0.25, 0.3) is 0 Å². The van der Waals surface area contributed by atoms with Gasteiger partial charge in [0.15, 0.2) is 0 Å². The van der Waals surface area contributed by atoms with Crippen LogP contribution >= 0.6 is 11.8 Å². The molecule has 1 saturated carbocycles. The van der Waals surface area contributed by atoms with Crippen molar-refractivity contribution in [3.05, 3.63) is 0 Å². The lowest BCUT2D eigenvalue weighted by Gasteiger charge is -2.15. The van der Waals surface area contributed by atoms with Crippen LogP contribution in [0.3, 0.4) is 0 Å². The molecule has 1 aliphatic rings. The first-order chi connectivity index (χ1) is 6.33. The molecule has 0 bridgehead atoms. The molecule has 2 heteroatoms. The van der Waals surface area contributed by atoms with E-state index in [1.165, 1.54) is 25.7 Å². The van der Waals surface area contributed by atoms with Crippen LogP contribution in [0.2, 0.25) is 0 Å². The molecule has 1 N–H and O–H groups in total. The van der Waals surface area contributed by atoms with Gasteiger partial charge in [0.05, 0.1) is 6.54 Å². The fraction of sp³-hybridized carbons (Fsp3) is 0.818. The zero-order valence-corrected chi connectivity index (χ0v) is 9.20. The van der Waals surface area contributed by atoms with Gasteiger partial charge >= 0.3 is 0 Å². The highest BCUT2D eigenvalue weighted by Crippen LogP contribution is 2.31. The molecule has 1 nitrogen and oxygen atoms in total. The van der Waals surface area contributed by atoms with E-state index in [0.29, 0.717) is 11.8 Å². The number of hydrogen-bond acceptors (Lipinski definition) is 2. The second-order valence-electron chi connectivity index (χ2n) is 3.69. The van der Waals surface area contributed by atoms with Crippen LogP contribution in [-0.2, 0) is 0 Å². The van der Waals surface area contributed by atoms with Crippen molar-refractivity contribution in [1.29, 1.82) is 0 Å². The molecule has 0 spiro atoms. The number of thioether (sulfide) groups is 1. The third-order valence-electron chi connectivity index (χ3n) is 2.39. The summed E-state index contributed by atoms with van der Waals surface area (Å²) in [7, 11) is 0. The largest absolute Gasteiger partial charge is 0.305 e. The first-order valence-corrected chi connectivity index (χ1v) is 6.07. The summed E-state index contributed by atoms with van der Waals surface area (Å²) in [6.45, 7) is 4.04. The van der Waals surface area contributed by atoms with Crippen molar-refractivity contribution in [1.82, 2.24) is 5.32 Å². The van der Waals surface area contributed by atoms with E-state index in [4.69, 9.17) is 6.42 Å². The molecule has 0 aromatic rings. The monoisotopic (exact) mass is 197 g/mol. The third-order valence-corrected chi connectivity index (χ3v) is 3.87. The zero-order valence-electron chi connectivity index (χ0n) is 8.38. The summed E-state index contributed by atoms with van der Waals surface area (Å²) in [5.74, 6) is 2.60. The van der Waals surface area contributed by atoms with Crippen LogP contribution in [-0.4, -0.2) is 23.6 Å². The van der Waals surface area contributed by atoms with Crippen molar-refractivity contribution in [2.75, 3.05) is 13.1 Å². The second kappa shape index (κ2) is 6.34. The Morgan fingerprint density at radius 2 is 2.23 bits per heavy atom. The maximum Gasteiger partial charge on any atom is 0.0574 e. The van der Waals surface area contributed by atoms with E-state index in [0.717, 1.165) is 11.8 Å². The molecular weight excluding hydrogens is 178 g/mol. The van der Waals surface area contributed by atoms with Gasteiger partial charge in [-0.3, -0.25) is 0 Å². The Balaban J connectivity index is 2.03. The molecule has 0 amide bonds. The fourth-order valence-corrected chi connectivity index (χ4v) is 3.23. The molecular formula is C11H19NS. The lowest BCUT2D eigenvalue weighted by atomic mass is 10.4. The Labute approximate surface area is 86.1 Å². The van der Waals surface area contributed by atoms with Crippen LogP contribution in [0.5, 0.6) is 0 Å². The predicted molar refractivity (Wildman–Crippen MR) is 61.0 cm³/mol. The molecule has 1 aliphatic carbocycles. The molecule has 1 rings (SSSR count). The van der Waals surface area contributed by atoms with E-state index in [2.05, 4.69) is 29.9 Å². The number of terminal acetylenes is 1. The number of rotatable bonds is 5. The molecule has 1 fully saturated rings. The van der Waals surface area contributed by atoms with Gasteiger partial charge < -0.3 is 5.32 Å². The summed E-state index contributed by atoms with van der Waals surface area (Å²) in [6.07, 6.45) is 10.9. The Kier molecular flexibility index (Phi) is 5.34. The van der Waals surface area contributed by atoms with Crippen molar-refractivity contribution >= 4 is 11.8 Å². The van der Waals surface area contributed by atoms with Gasteiger partial charge in [-0.1, -0.05) is 25.7 Å². The molecule has 0 aromatic heterocycles. The third kappa shape index (κ3) is 4.59. The van der Waals surface area contributed by atoms with Gasteiger partial charge in [-0.05, 0) is 12.8 Å². The average Bonchev–Trinajstić information content (AvgIpc) is 2.57. The van der Waals surface area contributed by atoms with Crippen molar-refractivity contribution in [3.8, 4) is 12.3 Å². The van der Waals surface area contributed by atoms with E-state index >= 15 is 0 Å². The molecule has 0 aromatic carbocycles. The molecule has 0 radical (unpaired) electrons. The lowest BCUT2D eigenvalue weighted by molar-refractivity contribution is 0.742. The van der Waals surface area contributed by atoms with Gasteiger partial charge in [0.25, 0.3) is 0 Å². The predicted octanol–water partition coefficient (Wildman–Crippen LogP) is 2.27. The molecule has 13 heavy (non-hydrogen) atoms. The Hall–Kier alpha value is -0.130. The smallest absolute Gasteiger partial charge is 0.0574 e. The summed E-state index contributed by atoms with van der Waals surface area (Å²) < 4.78 is 0. The van der Waals surface area contributed by atoms with Gasteiger partial charge in [-0.2, -0.15) is 11.8 Å². The van der Waals surface area contributed by atoms with E-state index in [1.807, 2.05) is 0 Å². The molecule has 1 unspecified atom stereocenters. The molecule has 0 saturated heterocycles. The highest BCUT2D eigenvalue weighted by Gasteiger charge is 2.17. The summed E-state index contributed by atoms with van der Waals surface area (Å²) in [6, 6.07) is 0. The normalized spacial score (nSPS) is 20.0. The first-order valence-electron chi connectivity index (χ1n) is 5.12. The molecule has 0 heterocycles. The van der Waals surface area contributed by atoms with Gasteiger partial charge in [-0.15, -0.1) is 6.42 Å². The van der Waals surface area contributed by atoms with Crippen LogP contribution in [0.15, 0.2) is 0 Å². The summed E-state index contributed by atoms with van der Waals surface area (Å²) in [5, 5.41) is 4.88. The molecule has 74 valence electrons. The minimum Gasteiger partial charge on any atom is -0.305 e. The van der Waals surface area contributed by atoms with Gasteiger partial charge in [-0.25, -0.2) is 0 Å². The van der Waals surface area contributed by atoms with Crippen molar-refractivity contribution in [2.24, 2.45) is 0 Å². The topological polar surface area (TPSA) is 12.0 Å². The summed E-state index contributed by atoms with van der Waals surface area (Å²) in [4.78, 5) is 0. The quantitative estimate of drug-likeness (QED) is 0.536. The number of nitrogens with one attached hydrogen (secondary N) is 1. The standard InChI is InChI=1S/C11H19NS/c1-3-8-12-9-10(2)13-11-6-4-5-7-11/h1,10-12H,4-9H2,2H3. The van der Waals surface area contributed by atoms with Gasteiger partial charge in [0.1, 0.15) is 0 Å².